The average Bonchev–Trinajstić information content (AvgIpc) is 3.11. The lowest BCUT2D eigenvalue weighted by atomic mass is 9.82. The molecule has 3 nitrogen and oxygen atoms in total. The number of benzene rings is 2. The van der Waals surface area contributed by atoms with Gasteiger partial charge in [-0.3, -0.25) is 4.98 Å². The summed E-state index contributed by atoms with van der Waals surface area (Å²) >= 11 is 0. The predicted octanol–water partition coefficient (Wildman–Crippen LogP) is 6.57. The molecular weight excluding hydrogens is 332 g/mol. The molecule has 5 rings (SSSR count). The minimum absolute atomic E-state index is 0.488. The second-order valence-corrected chi connectivity index (χ2v) is 7.38. The van der Waals surface area contributed by atoms with Crippen molar-refractivity contribution in [2.24, 2.45) is 0 Å². The second kappa shape index (κ2) is 6.55. The molecule has 2 aromatic carbocycles. The Bertz CT molecular complexity index is 1160. The Kier molecular flexibility index (Phi) is 3.90. The van der Waals surface area contributed by atoms with Crippen LogP contribution >= 0.6 is 0 Å². The summed E-state index contributed by atoms with van der Waals surface area (Å²) in [5.74, 6) is 0.488. The van der Waals surface area contributed by atoms with Crippen molar-refractivity contribution in [1.82, 2.24) is 4.98 Å². The number of pyridine rings is 1. The van der Waals surface area contributed by atoms with Crippen molar-refractivity contribution in [3.8, 4) is 17.3 Å². The van der Waals surface area contributed by atoms with Crippen LogP contribution in [0.1, 0.15) is 49.1 Å². The van der Waals surface area contributed by atoms with Gasteiger partial charge >= 0.3 is 0 Å². The number of nitriles is 1. The molecule has 3 heteroatoms. The largest absolute Gasteiger partial charge is 0.455 e. The van der Waals surface area contributed by atoms with Crippen LogP contribution in [0.5, 0.6) is 0 Å². The summed E-state index contributed by atoms with van der Waals surface area (Å²) in [5, 5.41) is 11.9. The van der Waals surface area contributed by atoms with E-state index in [9.17, 15) is 5.26 Å². The van der Waals surface area contributed by atoms with E-state index in [0.29, 0.717) is 5.92 Å². The molecule has 0 unspecified atom stereocenters. The van der Waals surface area contributed by atoms with E-state index in [1.165, 1.54) is 37.7 Å². The summed E-state index contributed by atoms with van der Waals surface area (Å²) in [5.41, 5.74) is 5.46. The highest BCUT2D eigenvalue weighted by molar-refractivity contribution is 6.09. The number of hydrogen-bond acceptors (Lipinski definition) is 3. The van der Waals surface area contributed by atoms with Crippen LogP contribution in [0.4, 0.5) is 0 Å². The van der Waals surface area contributed by atoms with Crippen molar-refractivity contribution < 1.29 is 4.42 Å². The van der Waals surface area contributed by atoms with Gasteiger partial charge in [-0.2, -0.15) is 5.26 Å². The fourth-order valence-electron chi connectivity index (χ4n) is 4.43. The van der Waals surface area contributed by atoms with Crippen LogP contribution < -0.4 is 0 Å². The number of aromatic nitrogens is 1. The SMILES string of the molecule is N#Cc1cc2oc3c(-c4ccccn4)cccc3c2cc1C1CCCCC1. The lowest BCUT2D eigenvalue weighted by molar-refractivity contribution is 0.443. The molecule has 0 spiro atoms. The summed E-state index contributed by atoms with van der Waals surface area (Å²) < 4.78 is 6.23. The van der Waals surface area contributed by atoms with Gasteiger partial charge in [0.25, 0.3) is 0 Å². The third-order valence-electron chi connectivity index (χ3n) is 5.78. The zero-order valence-corrected chi connectivity index (χ0v) is 15.1. The van der Waals surface area contributed by atoms with Crippen molar-refractivity contribution in [1.29, 1.82) is 5.26 Å². The monoisotopic (exact) mass is 352 g/mol. The first-order chi connectivity index (χ1) is 13.3. The fourth-order valence-corrected chi connectivity index (χ4v) is 4.43. The van der Waals surface area contributed by atoms with Gasteiger partial charge < -0.3 is 4.42 Å². The maximum absolute atomic E-state index is 9.71. The molecule has 0 amide bonds. The second-order valence-electron chi connectivity index (χ2n) is 7.38. The lowest BCUT2D eigenvalue weighted by Gasteiger charge is -2.22. The molecule has 1 fully saturated rings. The number of rotatable bonds is 2. The molecule has 0 N–H and O–H groups in total. The summed E-state index contributed by atoms with van der Waals surface area (Å²) in [7, 11) is 0. The normalized spacial score (nSPS) is 15.2. The highest BCUT2D eigenvalue weighted by Gasteiger charge is 2.21. The standard InChI is InChI=1S/C24H20N2O/c25-15-17-13-23-21(14-20(17)16-7-2-1-3-8-16)18-9-6-10-19(24(18)27-23)22-11-4-5-12-26-22/h4-6,9-14,16H,1-3,7-8H2. The number of para-hydroxylation sites is 1. The van der Waals surface area contributed by atoms with Gasteiger partial charge in [0.15, 0.2) is 0 Å². The summed E-state index contributed by atoms with van der Waals surface area (Å²) in [6.45, 7) is 0. The van der Waals surface area contributed by atoms with Crippen LogP contribution in [0.15, 0.2) is 59.1 Å². The van der Waals surface area contributed by atoms with Gasteiger partial charge in [0.05, 0.1) is 17.3 Å². The minimum atomic E-state index is 0.488. The Morgan fingerprint density at radius 3 is 2.63 bits per heavy atom. The quantitative estimate of drug-likeness (QED) is 0.410. The number of fused-ring (bicyclic) bond motifs is 3. The van der Waals surface area contributed by atoms with E-state index < -0.39 is 0 Å². The zero-order chi connectivity index (χ0) is 18.2. The van der Waals surface area contributed by atoms with Crippen LogP contribution in [-0.2, 0) is 0 Å². The highest BCUT2D eigenvalue weighted by Crippen LogP contribution is 2.40. The fraction of sp³-hybridized carbons (Fsp3) is 0.250. The molecule has 0 bridgehead atoms. The zero-order valence-electron chi connectivity index (χ0n) is 15.1. The molecule has 0 radical (unpaired) electrons. The Hall–Kier alpha value is -3.12. The number of hydrogen-bond donors (Lipinski definition) is 0. The van der Waals surface area contributed by atoms with E-state index in [4.69, 9.17) is 4.42 Å². The van der Waals surface area contributed by atoms with E-state index in [2.05, 4.69) is 29.3 Å². The van der Waals surface area contributed by atoms with Gasteiger partial charge in [0.1, 0.15) is 11.2 Å². The van der Waals surface area contributed by atoms with E-state index >= 15 is 0 Å². The molecule has 27 heavy (non-hydrogen) atoms. The topological polar surface area (TPSA) is 49.8 Å². The highest BCUT2D eigenvalue weighted by atomic mass is 16.3. The van der Waals surface area contributed by atoms with E-state index in [-0.39, 0.29) is 0 Å². The minimum Gasteiger partial charge on any atom is -0.455 e. The average molecular weight is 352 g/mol. The van der Waals surface area contributed by atoms with Crippen LogP contribution in [0, 0.1) is 11.3 Å². The maximum Gasteiger partial charge on any atom is 0.144 e. The molecule has 0 saturated heterocycles. The first-order valence-corrected chi connectivity index (χ1v) is 9.66. The van der Waals surface area contributed by atoms with Crippen LogP contribution in [-0.4, -0.2) is 4.98 Å². The maximum atomic E-state index is 9.71. The summed E-state index contributed by atoms with van der Waals surface area (Å²) in [6, 6.07) is 18.6. The van der Waals surface area contributed by atoms with Gasteiger partial charge in [-0.25, -0.2) is 0 Å². The molecule has 2 heterocycles. The Balaban J connectivity index is 1.75. The molecule has 1 saturated carbocycles. The van der Waals surface area contributed by atoms with Gasteiger partial charge in [-0.05, 0) is 54.7 Å². The molecule has 0 atom stereocenters. The molecule has 1 aliphatic carbocycles. The molecule has 0 aliphatic heterocycles. The van der Waals surface area contributed by atoms with Gasteiger partial charge in [0.2, 0.25) is 0 Å². The third kappa shape index (κ3) is 2.69. The molecule has 4 aromatic rings. The third-order valence-corrected chi connectivity index (χ3v) is 5.78. The van der Waals surface area contributed by atoms with Crippen molar-refractivity contribution in [2.75, 3.05) is 0 Å². The van der Waals surface area contributed by atoms with Gasteiger partial charge in [0, 0.05) is 22.5 Å². The Labute approximate surface area is 158 Å². The van der Waals surface area contributed by atoms with Crippen LogP contribution in [0.2, 0.25) is 0 Å². The van der Waals surface area contributed by atoms with Gasteiger partial charge in [-0.15, -0.1) is 0 Å². The predicted molar refractivity (Wildman–Crippen MR) is 107 cm³/mol. The number of nitrogens with zero attached hydrogens (tertiary/aromatic N) is 2. The van der Waals surface area contributed by atoms with Crippen molar-refractivity contribution >= 4 is 21.9 Å². The molecule has 132 valence electrons. The van der Waals surface area contributed by atoms with Crippen LogP contribution in [0.25, 0.3) is 33.2 Å². The van der Waals surface area contributed by atoms with E-state index in [1.807, 2.05) is 30.3 Å². The van der Waals surface area contributed by atoms with Gasteiger partial charge in [-0.1, -0.05) is 37.5 Å². The number of furan rings is 1. The smallest absolute Gasteiger partial charge is 0.144 e. The van der Waals surface area contributed by atoms with Crippen molar-refractivity contribution in [2.45, 2.75) is 38.0 Å². The Morgan fingerprint density at radius 2 is 1.85 bits per heavy atom. The first-order valence-electron chi connectivity index (χ1n) is 9.66. The first kappa shape index (κ1) is 16.1. The van der Waals surface area contributed by atoms with Crippen LogP contribution in [0.3, 0.4) is 0 Å². The van der Waals surface area contributed by atoms with Crippen molar-refractivity contribution in [3.05, 3.63) is 65.9 Å². The molecule has 1 aliphatic rings. The van der Waals surface area contributed by atoms with E-state index in [1.54, 1.807) is 6.20 Å². The van der Waals surface area contributed by atoms with E-state index in [0.717, 1.165) is 38.8 Å². The Morgan fingerprint density at radius 1 is 0.963 bits per heavy atom. The summed E-state index contributed by atoms with van der Waals surface area (Å²) in [4.78, 5) is 4.48. The summed E-state index contributed by atoms with van der Waals surface area (Å²) in [6.07, 6.45) is 7.96. The van der Waals surface area contributed by atoms with Crippen molar-refractivity contribution in [3.63, 3.8) is 0 Å². The lowest BCUT2D eigenvalue weighted by Crippen LogP contribution is -2.06. The molecular formula is C24H20N2O. The molecule has 2 aromatic heterocycles.